The normalized spacial score (nSPS) is 14.0. The van der Waals surface area contributed by atoms with Crippen LogP contribution in [0.4, 0.5) is 0 Å². The van der Waals surface area contributed by atoms with Gasteiger partial charge in [-0.2, -0.15) is 0 Å². The molecular formula is C14H15Cl2N3O3S. The largest absolute Gasteiger partial charge is 0.333 e. The fraction of sp³-hybridized carbons (Fsp3) is 0.357. The van der Waals surface area contributed by atoms with E-state index in [0.29, 0.717) is 27.9 Å². The van der Waals surface area contributed by atoms with Gasteiger partial charge in [-0.05, 0) is 24.6 Å². The van der Waals surface area contributed by atoms with Crippen molar-refractivity contribution in [3.8, 4) is 0 Å². The van der Waals surface area contributed by atoms with Crippen molar-refractivity contribution >= 4 is 52.7 Å². The number of carbonyl (C=O) groups is 3. The first kappa shape index (κ1) is 17.9. The van der Waals surface area contributed by atoms with Crippen LogP contribution in [0.2, 0.25) is 10.0 Å². The van der Waals surface area contributed by atoms with Gasteiger partial charge in [0.15, 0.2) is 0 Å². The molecule has 1 aromatic carbocycles. The maximum Gasteiger partial charge on any atom is 0.257 e. The van der Waals surface area contributed by atoms with Crippen LogP contribution in [0.3, 0.4) is 0 Å². The molecule has 0 saturated carbocycles. The molecular weight excluding hydrogens is 361 g/mol. The van der Waals surface area contributed by atoms with Crippen molar-refractivity contribution in [2.45, 2.75) is 17.7 Å². The summed E-state index contributed by atoms with van der Waals surface area (Å²) in [7, 11) is 0. The second kappa shape index (κ2) is 8.42. The standard InChI is InChI=1S/C14H15Cl2N3O3S/c15-9-3-4-10(16)11(6-9)23-8-13(21)18-17-12(20)7-19-5-1-2-14(19)22/h3-4,6H,1-2,5,7-8H2,(H,17,20)(H,18,21). The molecule has 1 heterocycles. The molecule has 2 N–H and O–H groups in total. The first-order valence-electron chi connectivity index (χ1n) is 6.89. The Labute approximate surface area is 147 Å². The first-order chi connectivity index (χ1) is 11.0. The molecule has 2 rings (SSSR count). The molecule has 1 aromatic rings. The minimum absolute atomic E-state index is 0.0439. The van der Waals surface area contributed by atoms with E-state index in [0.717, 1.165) is 6.42 Å². The zero-order chi connectivity index (χ0) is 16.8. The highest BCUT2D eigenvalue weighted by Crippen LogP contribution is 2.29. The summed E-state index contributed by atoms with van der Waals surface area (Å²) in [5.41, 5.74) is 4.59. The van der Waals surface area contributed by atoms with E-state index in [1.807, 2.05) is 0 Å². The molecule has 1 fully saturated rings. The molecule has 3 amide bonds. The average Bonchev–Trinajstić information content (AvgIpc) is 2.91. The zero-order valence-electron chi connectivity index (χ0n) is 12.1. The third-order valence-electron chi connectivity index (χ3n) is 3.10. The molecule has 0 radical (unpaired) electrons. The van der Waals surface area contributed by atoms with Crippen LogP contribution in [0.1, 0.15) is 12.8 Å². The Morgan fingerprint density at radius 1 is 1.22 bits per heavy atom. The van der Waals surface area contributed by atoms with Crippen molar-refractivity contribution in [3.05, 3.63) is 28.2 Å². The lowest BCUT2D eigenvalue weighted by molar-refractivity contribution is -0.134. The van der Waals surface area contributed by atoms with Gasteiger partial charge in [0.1, 0.15) is 6.54 Å². The van der Waals surface area contributed by atoms with E-state index < -0.39 is 5.91 Å². The van der Waals surface area contributed by atoms with E-state index >= 15 is 0 Å². The van der Waals surface area contributed by atoms with Crippen molar-refractivity contribution in [3.63, 3.8) is 0 Å². The zero-order valence-corrected chi connectivity index (χ0v) is 14.4. The molecule has 1 aliphatic heterocycles. The van der Waals surface area contributed by atoms with Crippen LogP contribution in [0.15, 0.2) is 23.1 Å². The Balaban J connectivity index is 1.71. The number of hydrogen-bond acceptors (Lipinski definition) is 4. The lowest BCUT2D eigenvalue weighted by Crippen LogP contribution is -2.47. The maximum atomic E-state index is 11.7. The highest BCUT2D eigenvalue weighted by atomic mass is 35.5. The summed E-state index contributed by atoms with van der Waals surface area (Å²) in [6.45, 7) is 0.524. The highest BCUT2D eigenvalue weighted by Gasteiger charge is 2.22. The van der Waals surface area contributed by atoms with Crippen molar-refractivity contribution in [1.82, 2.24) is 15.8 Å². The number of thioether (sulfide) groups is 1. The molecule has 9 heteroatoms. The van der Waals surface area contributed by atoms with Crippen LogP contribution >= 0.6 is 35.0 Å². The number of rotatable bonds is 5. The molecule has 1 saturated heterocycles. The van der Waals surface area contributed by atoms with E-state index in [1.165, 1.54) is 16.7 Å². The van der Waals surface area contributed by atoms with Gasteiger partial charge in [0.05, 0.1) is 10.8 Å². The topological polar surface area (TPSA) is 78.5 Å². The Morgan fingerprint density at radius 3 is 2.65 bits per heavy atom. The van der Waals surface area contributed by atoms with Crippen LogP contribution in [0.5, 0.6) is 0 Å². The minimum Gasteiger partial charge on any atom is -0.333 e. The van der Waals surface area contributed by atoms with Crippen LogP contribution < -0.4 is 10.9 Å². The van der Waals surface area contributed by atoms with E-state index in [1.54, 1.807) is 18.2 Å². The molecule has 6 nitrogen and oxygen atoms in total. The summed E-state index contributed by atoms with van der Waals surface area (Å²) >= 11 is 13.1. The average molecular weight is 376 g/mol. The Kier molecular flexibility index (Phi) is 6.56. The Morgan fingerprint density at radius 2 is 1.96 bits per heavy atom. The van der Waals surface area contributed by atoms with Gasteiger partial charge in [-0.3, -0.25) is 25.2 Å². The molecule has 0 bridgehead atoms. The third-order valence-corrected chi connectivity index (χ3v) is 4.83. The molecule has 1 aliphatic rings. The second-order valence-electron chi connectivity index (χ2n) is 4.88. The van der Waals surface area contributed by atoms with Gasteiger partial charge in [0.25, 0.3) is 5.91 Å². The number of nitrogens with one attached hydrogen (secondary N) is 2. The first-order valence-corrected chi connectivity index (χ1v) is 8.63. The van der Waals surface area contributed by atoms with Crippen LogP contribution in [0.25, 0.3) is 0 Å². The number of amides is 3. The number of halogens is 2. The number of carbonyl (C=O) groups excluding carboxylic acids is 3. The molecule has 23 heavy (non-hydrogen) atoms. The van der Waals surface area contributed by atoms with Crippen molar-refractivity contribution in [1.29, 1.82) is 0 Å². The van der Waals surface area contributed by atoms with Crippen LogP contribution in [-0.2, 0) is 14.4 Å². The summed E-state index contributed by atoms with van der Waals surface area (Å²) in [4.78, 5) is 36.9. The predicted molar refractivity (Wildman–Crippen MR) is 89.3 cm³/mol. The summed E-state index contributed by atoms with van der Waals surface area (Å²) < 4.78 is 0. The monoisotopic (exact) mass is 375 g/mol. The fourth-order valence-electron chi connectivity index (χ4n) is 1.99. The lowest BCUT2D eigenvalue weighted by atomic mass is 10.4. The molecule has 0 aromatic heterocycles. The van der Waals surface area contributed by atoms with Gasteiger partial charge < -0.3 is 4.90 Å². The number of likely N-dealkylation sites (tertiary alicyclic amines) is 1. The molecule has 0 aliphatic carbocycles. The fourth-order valence-corrected chi connectivity index (χ4v) is 3.28. The van der Waals surface area contributed by atoms with Crippen molar-refractivity contribution < 1.29 is 14.4 Å². The van der Waals surface area contributed by atoms with E-state index in [-0.39, 0.29) is 24.1 Å². The molecule has 124 valence electrons. The second-order valence-corrected chi connectivity index (χ2v) is 6.74. The smallest absolute Gasteiger partial charge is 0.257 e. The number of hydrazine groups is 1. The predicted octanol–water partition coefficient (Wildman–Crippen LogP) is 1.86. The van der Waals surface area contributed by atoms with Crippen molar-refractivity contribution in [2.24, 2.45) is 0 Å². The van der Waals surface area contributed by atoms with E-state index in [4.69, 9.17) is 23.2 Å². The number of hydrogen-bond donors (Lipinski definition) is 2. The highest BCUT2D eigenvalue weighted by molar-refractivity contribution is 8.00. The van der Waals surface area contributed by atoms with E-state index in [2.05, 4.69) is 10.9 Å². The van der Waals surface area contributed by atoms with Gasteiger partial charge in [-0.25, -0.2) is 0 Å². The summed E-state index contributed by atoms with van der Waals surface area (Å²) in [6, 6.07) is 4.98. The Bertz CT molecular complexity index is 627. The summed E-state index contributed by atoms with van der Waals surface area (Å²) in [5.74, 6) is -0.785. The SMILES string of the molecule is O=C(CSc1cc(Cl)ccc1Cl)NNC(=O)CN1CCCC1=O. The van der Waals surface area contributed by atoms with E-state index in [9.17, 15) is 14.4 Å². The third kappa shape index (κ3) is 5.60. The molecule has 0 unspecified atom stereocenters. The van der Waals surface area contributed by atoms with Gasteiger partial charge >= 0.3 is 0 Å². The number of nitrogens with zero attached hydrogens (tertiary/aromatic N) is 1. The Hall–Kier alpha value is -1.44. The van der Waals surface area contributed by atoms with Gasteiger partial charge in [-0.1, -0.05) is 23.2 Å². The molecule has 0 atom stereocenters. The van der Waals surface area contributed by atoms with Gasteiger partial charge in [-0.15, -0.1) is 11.8 Å². The lowest BCUT2D eigenvalue weighted by Gasteiger charge is -2.15. The van der Waals surface area contributed by atoms with Crippen molar-refractivity contribution in [2.75, 3.05) is 18.8 Å². The molecule has 0 spiro atoms. The van der Waals surface area contributed by atoms with Crippen LogP contribution in [0, 0.1) is 0 Å². The van der Waals surface area contributed by atoms with Crippen LogP contribution in [-0.4, -0.2) is 41.5 Å². The summed E-state index contributed by atoms with van der Waals surface area (Å²) in [5, 5.41) is 1.03. The minimum atomic E-state index is -0.431. The quantitative estimate of drug-likeness (QED) is 0.608. The summed E-state index contributed by atoms with van der Waals surface area (Å²) in [6.07, 6.45) is 1.23. The maximum absolute atomic E-state index is 11.7. The van der Waals surface area contributed by atoms with Gasteiger partial charge in [0, 0.05) is 22.9 Å². The van der Waals surface area contributed by atoms with Gasteiger partial charge in [0.2, 0.25) is 11.8 Å². The number of benzene rings is 1.